The first-order valence-electron chi connectivity index (χ1n) is 6.20. The van der Waals surface area contributed by atoms with Crippen LogP contribution in [-0.4, -0.2) is 19.6 Å². The van der Waals surface area contributed by atoms with Gasteiger partial charge in [-0.2, -0.15) is 0 Å². The molecule has 0 saturated carbocycles. The van der Waals surface area contributed by atoms with E-state index in [-0.39, 0.29) is 12.0 Å². The van der Waals surface area contributed by atoms with Gasteiger partial charge in [-0.3, -0.25) is 4.79 Å². The van der Waals surface area contributed by atoms with Crippen molar-refractivity contribution in [2.45, 2.75) is 32.2 Å². The highest BCUT2D eigenvalue weighted by Gasteiger charge is 2.32. The summed E-state index contributed by atoms with van der Waals surface area (Å²) in [6.07, 6.45) is 0.811. The fourth-order valence-corrected chi connectivity index (χ4v) is 1.95. The van der Waals surface area contributed by atoms with Crippen molar-refractivity contribution < 1.29 is 18.3 Å². The van der Waals surface area contributed by atoms with Gasteiger partial charge in [-0.15, -0.1) is 0 Å². The van der Waals surface area contributed by atoms with Gasteiger partial charge in [-0.25, -0.2) is 8.78 Å². The molecule has 0 spiro atoms. The minimum absolute atomic E-state index is 0.0218. The second-order valence-electron chi connectivity index (χ2n) is 4.64. The van der Waals surface area contributed by atoms with E-state index in [0.29, 0.717) is 6.54 Å². The Labute approximate surface area is 112 Å². The lowest BCUT2D eigenvalue weighted by molar-refractivity contribution is -0.142. The Morgan fingerprint density at radius 1 is 1.42 bits per heavy atom. The van der Waals surface area contributed by atoms with Crippen molar-refractivity contribution in [3.8, 4) is 0 Å². The fourth-order valence-electron chi connectivity index (χ4n) is 1.95. The Morgan fingerprint density at radius 2 is 2.11 bits per heavy atom. The van der Waals surface area contributed by atoms with E-state index in [2.05, 4.69) is 10.1 Å². The van der Waals surface area contributed by atoms with Crippen LogP contribution < -0.4 is 5.32 Å². The maximum absolute atomic E-state index is 13.9. The van der Waals surface area contributed by atoms with Crippen LogP contribution in [-0.2, 0) is 15.1 Å². The highest BCUT2D eigenvalue weighted by Crippen LogP contribution is 2.28. The summed E-state index contributed by atoms with van der Waals surface area (Å²) in [5.41, 5.74) is -0.659. The van der Waals surface area contributed by atoms with Gasteiger partial charge in [0.25, 0.3) is 0 Å². The number of nitrogens with one attached hydrogen (secondary N) is 1. The smallest absolute Gasteiger partial charge is 0.307 e. The van der Waals surface area contributed by atoms with Crippen molar-refractivity contribution in [2.75, 3.05) is 13.7 Å². The largest absolute Gasteiger partial charge is 0.469 e. The Bertz CT molecular complexity index is 451. The van der Waals surface area contributed by atoms with Gasteiger partial charge in [-0.1, -0.05) is 13.0 Å². The van der Waals surface area contributed by atoms with Crippen molar-refractivity contribution in [3.05, 3.63) is 35.4 Å². The summed E-state index contributed by atoms with van der Waals surface area (Å²) in [7, 11) is 1.28. The van der Waals surface area contributed by atoms with Gasteiger partial charge in [-0.05, 0) is 26.0 Å². The SMILES string of the molecule is CCCNC(C)(CC(=O)OC)c1ccc(F)cc1F. The molecule has 3 nitrogen and oxygen atoms in total. The Kier molecular flexibility index (Phi) is 5.42. The molecule has 0 amide bonds. The molecular weight excluding hydrogens is 252 g/mol. The van der Waals surface area contributed by atoms with Crippen LogP contribution >= 0.6 is 0 Å². The first kappa shape index (κ1) is 15.6. The lowest BCUT2D eigenvalue weighted by Gasteiger charge is -2.31. The van der Waals surface area contributed by atoms with Crippen molar-refractivity contribution >= 4 is 5.97 Å². The van der Waals surface area contributed by atoms with E-state index in [9.17, 15) is 13.6 Å². The number of carbonyl (C=O) groups excluding carboxylic acids is 1. The molecule has 1 rings (SSSR count). The predicted molar refractivity (Wildman–Crippen MR) is 68.6 cm³/mol. The standard InChI is InChI=1S/C14H19F2NO2/c1-4-7-17-14(2,9-13(18)19-3)11-6-5-10(15)8-12(11)16/h5-6,8,17H,4,7,9H2,1-3H3. The zero-order valence-corrected chi connectivity index (χ0v) is 11.4. The van der Waals surface area contributed by atoms with E-state index in [1.807, 2.05) is 6.92 Å². The van der Waals surface area contributed by atoms with E-state index >= 15 is 0 Å². The summed E-state index contributed by atoms with van der Waals surface area (Å²) in [4.78, 5) is 11.5. The van der Waals surface area contributed by atoms with Gasteiger partial charge in [0.15, 0.2) is 0 Å². The summed E-state index contributed by atoms with van der Waals surface area (Å²) in [5, 5.41) is 3.12. The maximum atomic E-state index is 13.9. The molecular formula is C14H19F2NO2. The Morgan fingerprint density at radius 3 is 2.63 bits per heavy atom. The number of benzene rings is 1. The normalized spacial score (nSPS) is 13.9. The topological polar surface area (TPSA) is 38.3 Å². The molecule has 0 radical (unpaired) electrons. The molecule has 1 aromatic carbocycles. The van der Waals surface area contributed by atoms with E-state index in [1.165, 1.54) is 19.2 Å². The number of hydrogen-bond donors (Lipinski definition) is 1. The van der Waals surface area contributed by atoms with Crippen LogP contribution in [0.5, 0.6) is 0 Å². The molecule has 0 fully saturated rings. The third-order valence-electron chi connectivity index (χ3n) is 3.02. The van der Waals surface area contributed by atoms with Gasteiger partial charge in [0, 0.05) is 11.6 Å². The summed E-state index contributed by atoms with van der Waals surface area (Å²) in [5.74, 6) is -1.76. The van der Waals surface area contributed by atoms with Gasteiger partial charge >= 0.3 is 5.97 Å². The molecule has 0 heterocycles. The summed E-state index contributed by atoms with van der Waals surface area (Å²) in [6.45, 7) is 4.28. The van der Waals surface area contributed by atoms with Crippen molar-refractivity contribution in [3.63, 3.8) is 0 Å². The molecule has 1 N–H and O–H groups in total. The van der Waals surface area contributed by atoms with Crippen LogP contribution in [0.25, 0.3) is 0 Å². The summed E-state index contributed by atoms with van der Waals surface area (Å²) in [6, 6.07) is 3.36. The van der Waals surface area contributed by atoms with Crippen LogP contribution in [0.4, 0.5) is 8.78 Å². The molecule has 0 bridgehead atoms. The zero-order valence-electron chi connectivity index (χ0n) is 11.4. The van der Waals surface area contributed by atoms with Gasteiger partial charge in [0.1, 0.15) is 11.6 Å². The number of halogens is 2. The maximum Gasteiger partial charge on any atom is 0.307 e. The van der Waals surface area contributed by atoms with Crippen molar-refractivity contribution in [2.24, 2.45) is 0 Å². The lowest BCUT2D eigenvalue weighted by atomic mass is 9.88. The highest BCUT2D eigenvalue weighted by atomic mass is 19.1. The van der Waals surface area contributed by atoms with Gasteiger partial charge in [0.05, 0.1) is 19.1 Å². The summed E-state index contributed by atoms with van der Waals surface area (Å²) < 4.78 is 31.5. The van der Waals surface area contributed by atoms with Crippen LogP contribution in [0, 0.1) is 11.6 Å². The number of rotatable bonds is 6. The molecule has 1 unspecified atom stereocenters. The third kappa shape index (κ3) is 3.99. The summed E-state index contributed by atoms with van der Waals surface area (Å²) >= 11 is 0. The number of carbonyl (C=O) groups is 1. The molecule has 0 aliphatic carbocycles. The fraction of sp³-hybridized carbons (Fsp3) is 0.500. The predicted octanol–water partition coefficient (Wildman–Crippen LogP) is 2.74. The molecule has 0 aliphatic rings. The van der Waals surface area contributed by atoms with E-state index in [0.717, 1.165) is 12.5 Å². The monoisotopic (exact) mass is 271 g/mol. The Balaban J connectivity index is 3.10. The van der Waals surface area contributed by atoms with Crippen molar-refractivity contribution in [1.82, 2.24) is 5.32 Å². The molecule has 106 valence electrons. The van der Waals surface area contributed by atoms with Crippen LogP contribution in [0.1, 0.15) is 32.3 Å². The molecule has 5 heteroatoms. The van der Waals surface area contributed by atoms with Gasteiger partial charge in [0.2, 0.25) is 0 Å². The highest BCUT2D eigenvalue weighted by molar-refractivity contribution is 5.71. The molecule has 0 aromatic heterocycles. The average Bonchev–Trinajstić information content (AvgIpc) is 2.36. The lowest BCUT2D eigenvalue weighted by Crippen LogP contribution is -2.42. The van der Waals surface area contributed by atoms with Crippen LogP contribution in [0.2, 0.25) is 0 Å². The second-order valence-corrected chi connectivity index (χ2v) is 4.64. The molecule has 19 heavy (non-hydrogen) atoms. The average molecular weight is 271 g/mol. The van der Waals surface area contributed by atoms with Crippen molar-refractivity contribution in [1.29, 1.82) is 0 Å². The van der Waals surface area contributed by atoms with E-state index in [4.69, 9.17) is 0 Å². The minimum atomic E-state index is -0.916. The first-order chi connectivity index (χ1) is 8.92. The Hall–Kier alpha value is -1.49. The molecule has 1 aromatic rings. The van der Waals surface area contributed by atoms with Gasteiger partial charge < -0.3 is 10.1 Å². The molecule has 0 saturated heterocycles. The minimum Gasteiger partial charge on any atom is -0.469 e. The third-order valence-corrected chi connectivity index (χ3v) is 3.02. The number of methoxy groups -OCH3 is 1. The van der Waals surface area contributed by atoms with Crippen LogP contribution in [0.3, 0.4) is 0 Å². The first-order valence-corrected chi connectivity index (χ1v) is 6.20. The van der Waals surface area contributed by atoms with Crippen LogP contribution in [0.15, 0.2) is 18.2 Å². The molecule has 1 atom stereocenters. The quantitative estimate of drug-likeness (QED) is 0.808. The number of ether oxygens (including phenoxy) is 1. The number of esters is 1. The zero-order chi connectivity index (χ0) is 14.5. The van der Waals surface area contributed by atoms with E-state index in [1.54, 1.807) is 6.92 Å². The van der Waals surface area contributed by atoms with E-state index < -0.39 is 23.1 Å². The number of hydrogen-bond acceptors (Lipinski definition) is 3. The molecule has 0 aliphatic heterocycles. The second kappa shape index (κ2) is 6.61.